The van der Waals surface area contributed by atoms with Crippen molar-refractivity contribution in [2.24, 2.45) is 0 Å². The monoisotopic (exact) mass is 240 g/mol. The van der Waals surface area contributed by atoms with E-state index in [4.69, 9.17) is 11.6 Å². The van der Waals surface area contributed by atoms with Crippen molar-refractivity contribution in [1.82, 2.24) is 20.5 Å². The average Bonchev–Trinajstić information content (AvgIpc) is 2.69. The molecule has 1 heterocycles. The van der Waals surface area contributed by atoms with E-state index in [2.05, 4.69) is 20.5 Å². The van der Waals surface area contributed by atoms with Crippen LogP contribution in [-0.4, -0.2) is 15.2 Å². The van der Waals surface area contributed by atoms with E-state index in [1.807, 2.05) is 0 Å². The van der Waals surface area contributed by atoms with Crippen LogP contribution in [0, 0.1) is 5.82 Å². The maximum atomic E-state index is 13.0. The van der Waals surface area contributed by atoms with E-state index >= 15 is 0 Å². The third kappa shape index (κ3) is 3.01. The second kappa shape index (κ2) is 5.05. The topological polar surface area (TPSA) is 53.6 Å². The summed E-state index contributed by atoms with van der Waals surface area (Å²) in [7, 11) is 0. The fourth-order valence-electron chi connectivity index (χ4n) is 1.35. The summed E-state index contributed by atoms with van der Waals surface area (Å²) in [6.45, 7) is 1.08. The lowest BCUT2D eigenvalue weighted by Gasteiger charge is -2.03. The summed E-state index contributed by atoms with van der Waals surface area (Å²) in [5.74, 6) is 0.409. The van der Waals surface area contributed by atoms with E-state index in [1.54, 1.807) is 6.07 Å². The van der Waals surface area contributed by atoms with Crippen molar-refractivity contribution in [1.29, 1.82) is 0 Å². The van der Waals surface area contributed by atoms with Crippen molar-refractivity contribution in [3.8, 4) is 0 Å². The first kappa shape index (κ1) is 11.0. The molecular weight excluding hydrogens is 231 g/mol. The molecule has 0 fully saturated rings. The number of nitrogens with zero attached hydrogens (tertiary/aromatic N) is 2. The molecule has 2 N–H and O–H groups in total. The van der Waals surface area contributed by atoms with Gasteiger partial charge < -0.3 is 5.32 Å². The molecule has 1 aromatic carbocycles. The first-order valence-electron chi connectivity index (χ1n) is 4.74. The molecule has 1 aromatic heterocycles. The first-order chi connectivity index (χ1) is 7.74. The van der Waals surface area contributed by atoms with E-state index < -0.39 is 0 Å². The van der Waals surface area contributed by atoms with E-state index in [-0.39, 0.29) is 5.82 Å². The quantitative estimate of drug-likeness (QED) is 0.858. The maximum Gasteiger partial charge on any atom is 0.138 e. The van der Waals surface area contributed by atoms with Crippen LogP contribution >= 0.6 is 11.6 Å². The van der Waals surface area contributed by atoms with Crippen molar-refractivity contribution in [3.63, 3.8) is 0 Å². The van der Waals surface area contributed by atoms with Gasteiger partial charge in [0, 0.05) is 11.6 Å². The van der Waals surface area contributed by atoms with Gasteiger partial charge in [-0.2, -0.15) is 5.10 Å². The van der Waals surface area contributed by atoms with Crippen LogP contribution in [0.4, 0.5) is 4.39 Å². The molecule has 0 aliphatic heterocycles. The van der Waals surface area contributed by atoms with Crippen molar-refractivity contribution in [2.75, 3.05) is 0 Å². The number of aromatic nitrogens is 3. The first-order valence-corrected chi connectivity index (χ1v) is 5.12. The summed E-state index contributed by atoms with van der Waals surface area (Å²) < 4.78 is 13.0. The van der Waals surface area contributed by atoms with Crippen LogP contribution < -0.4 is 5.32 Å². The summed E-state index contributed by atoms with van der Waals surface area (Å²) in [5.41, 5.74) is 0.796. The highest BCUT2D eigenvalue weighted by molar-refractivity contribution is 6.30. The molecule has 4 nitrogen and oxygen atoms in total. The Labute approximate surface area is 96.9 Å². The molecule has 0 aliphatic rings. The summed E-state index contributed by atoms with van der Waals surface area (Å²) in [6, 6.07) is 4.44. The SMILES string of the molecule is Fc1cc(Cl)cc(CNCc2ncn[nH]2)c1. The van der Waals surface area contributed by atoms with Crippen LogP contribution in [0.1, 0.15) is 11.4 Å². The molecule has 0 spiro atoms. The van der Waals surface area contributed by atoms with E-state index in [0.29, 0.717) is 18.1 Å². The van der Waals surface area contributed by atoms with Gasteiger partial charge in [-0.05, 0) is 23.8 Å². The Morgan fingerprint density at radius 3 is 2.88 bits per heavy atom. The molecule has 0 amide bonds. The van der Waals surface area contributed by atoms with Gasteiger partial charge in [-0.3, -0.25) is 5.10 Å². The van der Waals surface area contributed by atoms with Gasteiger partial charge in [-0.25, -0.2) is 9.37 Å². The zero-order chi connectivity index (χ0) is 11.4. The van der Waals surface area contributed by atoms with Gasteiger partial charge >= 0.3 is 0 Å². The molecule has 0 saturated carbocycles. The number of aromatic amines is 1. The predicted molar refractivity (Wildman–Crippen MR) is 58.3 cm³/mol. The normalized spacial score (nSPS) is 10.6. The molecule has 16 heavy (non-hydrogen) atoms. The molecule has 0 radical (unpaired) electrons. The Morgan fingerprint density at radius 1 is 1.31 bits per heavy atom. The van der Waals surface area contributed by atoms with Crippen LogP contribution in [0.5, 0.6) is 0 Å². The number of nitrogens with one attached hydrogen (secondary N) is 2. The van der Waals surface area contributed by atoms with Crippen LogP contribution in [-0.2, 0) is 13.1 Å². The average molecular weight is 241 g/mol. The lowest BCUT2D eigenvalue weighted by molar-refractivity contribution is 0.618. The van der Waals surface area contributed by atoms with Gasteiger partial charge in [0.1, 0.15) is 18.0 Å². The van der Waals surface area contributed by atoms with Gasteiger partial charge in [0.2, 0.25) is 0 Å². The second-order valence-electron chi connectivity index (χ2n) is 3.31. The second-order valence-corrected chi connectivity index (χ2v) is 3.75. The summed E-state index contributed by atoms with van der Waals surface area (Å²) in [5, 5.41) is 9.94. The number of halogens is 2. The Balaban J connectivity index is 1.89. The summed E-state index contributed by atoms with van der Waals surface area (Å²) in [4.78, 5) is 3.95. The van der Waals surface area contributed by atoms with Crippen LogP contribution in [0.25, 0.3) is 0 Å². The largest absolute Gasteiger partial charge is 0.306 e. The van der Waals surface area contributed by atoms with Crippen LogP contribution in [0.2, 0.25) is 5.02 Å². The number of rotatable bonds is 4. The minimum atomic E-state index is -0.330. The van der Waals surface area contributed by atoms with Crippen molar-refractivity contribution in [2.45, 2.75) is 13.1 Å². The van der Waals surface area contributed by atoms with Gasteiger partial charge in [-0.15, -0.1) is 0 Å². The Kier molecular flexibility index (Phi) is 3.48. The smallest absolute Gasteiger partial charge is 0.138 e. The molecular formula is C10H10ClFN4. The number of benzene rings is 1. The third-order valence-corrected chi connectivity index (χ3v) is 2.23. The molecule has 2 aromatic rings. The fourth-order valence-corrected chi connectivity index (χ4v) is 1.60. The van der Waals surface area contributed by atoms with Crippen LogP contribution in [0.3, 0.4) is 0 Å². The van der Waals surface area contributed by atoms with E-state index in [1.165, 1.54) is 18.5 Å². The maximum absolute atomic E-state index is 13.0. The van der Waals surface area contributed by atoms with Gasteiger partial charge in [0.15, 0.2) is 0 Å². The van der Waals surface area contributed by atoms with Gasteiger partial charge in [0.25, 0.3) is 0 Å². The Bertz CT molecular complexity index is 438. The predicted octanol–water partition coefficient (Wildman–Crippen LogP) is 1.89. The van der Waals surface area contributed by atoms with Gasteiger partial charge in [-0.1, -0.05) is 11.6 Å². The molecule has 0 atom stereocenters. The zero-order valence-corrected chi connectivity index (χ0v) is 9.13. The molecule has 0 unspecified atom stereocenters. The molecule has 0 aliphatic carbocycles. The minimum absolute atomic E-state index is 0.330. The van der Waals surface area contributed by atoms with Crippen molar-refractivity contribution >= 4 is 11.6 Å². The van der Waals surface area contributed by atoms with Gasteiger partial charge in [0.05, 0.1) is 6.54 Å². The Hall–Kier alpha value is -1.46. The molecule has 0 saturated heterocycles. The highest BCUT2D eigenvalue weighted by Crippen LogP contribution is 2.13. The lowest BCUT2D eigenvalue weighted by atomic mass is 10.2. The minimum Gasteiger partial charge on any atom is -0.306 e. The zero-order valence-electron chi connectivity index (χ0n) is 8.37. The van der Waals surface area contributed by atoms with E-state index in [9.17, 15) is 4.39 Å². The summed E-state index contributed by atoms with van der Waals surface area (Å²) >= 11 is 5.73. The van der Waals surface area contributed by atoms with Crippen molar-refractivity contribution < 1.29 is 4.39 Å². The fraction of sp³-hybridized carbons (Fsp3) is 0.200. The lowest BCUT2D eigenvalue weighted by Crippen LogP contribution is -2.13. The molecule has 84 valence electrons. The number of H-pyrrole nitrogens is 1. The third-order valence-electron chi connectivity index (χ3n) is 2.01. The summed E-state index contributed by atoms with van der Waals surface area (Å²) in [6.07, 6.45) is 1.44. The van der Waals surface area contributed by atoms with Crippen LogP contribution in [0.15, 0.2) is 24.5 Å². The van der Waals surface area contributed by atoms with E-state index in [0.717, 1.165) is 11.4 Å². The van der Waals surface area contributed by atoms with Crippen molar-refractivity contribution in [3.05, 3.63) is 46.8 Å². The number of hydrogen-bond donors (Lipinski definition) is 2. The standard InChI is InChI=1S/C10H10ClFN4/c11-8-1-7(2-9(12)3-8)4-13-5-10-14-6-15-16-10/h1-3,6,13H,4-5H2,(H,14,15,16). The highest BCUT2D eigenvalue weighted by Gasteiger charge is 2.00. The number of hydrogen-bond acceptors (Lipinski definition) is 3. The molecule has 6 heteroatoms. The Morgan fingerprint density at radius 2 is 2.19 bits per heavy atom. The highest BCUT2D eigenvalue weighted by atomic mass is 35.5. The molecule has 0 bridgehead atoms. The molecule has 2 rings (SSSR count).